The first kappa shape index (κ1) is 48.4. The average Bonchev–Trinajstić information content (AvgIpc) is 3.10. The summed E-state index contributed by atoms with van der Waals surface area (Å²) in [5, 5.41) is 6.22. The topological polar surface area (TPSA) is 131 Å². The number of esters is 2. The molecular weight excluding hydrogens is 745 g/mol. The van der Waals surface area contributed by atoms with Crippen LogP contribution >= 0.6 is 0 Å². The number of hydrogen-bond donors (Lipinski definition) is 1. The van der Waals surface area contributed by atoms with Gasteiger partial charge in [-0.15, -0.1) is 0 Å². The Hall–Kier alpha value is -3.79. The van der Waals surface area contributed by atoms with Gasteiger partial charge in [0, 0.05) is 26.1 Å². The zero-order chi connectivity index (χ0) is 42.3. The molecule has 1 amide bonds. The second-order valence-electron chi connectivity index (χ2n) is 16.5. The number of oxime groups is 1. The van der Waals surface area contributed by atoms with Gasteiger partial charge < -0.3 is 33.2 Å². The van der Waals surface area contributed by atoms with Crippen molar-refractivity contribution < 1.29 is 42.3 Å². The zero-order valence-electron chi connectivity index (χ0n) is 36.3. The number of ether oxygens (including phenoxy) is 3. The Labute approximate surface area is 338 Å². The summed E-state index contributed by atoms with van der Waals surface area (Å²) in [4.78, 5) is 43.1. The van der Waals surface area contributed by atoms with Gasteiger partial charge in [-0.05, 0) is 91.8 Å². The molecule has 312 valence electrons. The Morgan fingerprint density at radius 2 is 1.71 bits per heavy atom. The van der Waals surface area contributed by atoms with Crippen molar-refractivity contribution in [3.05, 3.63) is 77.6 Å². The zero-order valence-corrected chi connectivity index (χ0v) is 38.3. The van der Waals surface area contributed by atoms with E-state index in [-0.39, 0.29) is 29.4 Å². The molecule has 56 heavy (non-hydrogen) atoms. The quantitative estimate of drug-likeness (QED) is 0.0322. The molecule has 0 saturated carbocycles. The third kappa shape index (κ3) is 14.9. The maximum atomic E-state index is 13.5. The molecule has 0 radical (unpaired) electrons. The minimum atomic E-state index is -2.24. The van der Waals surface area contributed by atoms with Crippen molar-refractivity contribution in [1.82, 2.24) is 5.32 Å². The number of amides is 1. The van der Waals surface area contributed by atoms with Crippen molar-refractivity contribution in [1.29, 1.82) is 0 Å². The molecule has 0 spiro atoms. The number of rotatable bonds is 21. The first-order chi connectivity index (χ1) is 26.1. The summed E-state index contributed by atoms with van der Waals surface area (Å²) in [6.07, 6.45) is 13.1. The van der Waals surface area contributed by atoms with Crippen LogP contribution in [0.15, 0.2) is 71.6 Å². The fourth-order valence-corrected chi connectivity index (χ4v) is 10.9. The van der Waals surface area contributed by atoms with Crippen molar-refractivity contribution in [2.24, 2.45) is 5.16 Å². The van der Waals surface area contributed by atoms with Crippen LogP contribution in [-0.4, -0.2) is 71.9 Å². The van der Waals surface area contributed by atoms with E-state index >= 15 is 0 Å². The molecule has 13 heteroatoms. The van der Waals surface area contributed by atoms with Crippen molar-refractivity contribution >= 4 is 40.7 Å². The molecular formula is C43H68N2O9Si2. The summed E-state index contributed by atoms with van der Waals surface area (Å²) in [6, 6.07) is 7.42. The van der Waals surface area contributed by atoms with E-state index in [2.05, 4.69) is 82.9 Å². The van der Waals surface area contributed by atoms with Gasteiger partial charge >= 0.3 is 11.9 Å². The molecule has 1 aliphatic rings. The van der Waals surface area contributed by atoms with Gasteiger partial charge in [-0.25, -0.2) is 4.79 Å². The number of nitrogens with zero attached hydrogens (tertiary/aromatic N) is 1. The molecule has 1 aromatic carbocycles. The van der Waals surface area contributed by atoms with E-state index in [1.165, 1.54) is 25.5 Å². The van der Waals surface area contributed by atoms with Crippen LogP contribution in [0.25, 0.3) is 0 Å². The van der Waals surface area contributed by atoms with E-state index in [1.54, 1.807) is 32.2 Å². The number of hydrogen-bond acceptors (Lipinski definition) is 10. The van der Waals surface area contributed by atoms with Gasteiger partial charge in [0.2, 0.25) is 11.7 Å². The van der Waals surface area contributed by atoms with E-state index in [9.17, 15) is 14.4 Å². The van der Waals surface area contributed by atoms with Gasteiger partial charge in [-0.2, -0.15) is 0 Å². The third-order valence-corrected chi connectivity index (χ3v) is 20.2. The predicted molar refractivity (Wildman–Crippen MR) is 229 cm³/mol. The molecule has 0 aromatic heterocycles. The van der Waals surface area contributed by atoms with Gasteiger partial charge in [0.05, 0.1) is 24.8 Å². The number of allylic oxidation sites excluding steroid dienone is 2. The molecule has 0 fully saturated rings. The maximum Gasteiger partial charge on any atom is 0.345 e. The minimum absolute atomic E-state index is 0.0444. The molecule has 3 atom stereocenters. The monoisotopic (exact) mass is 812 g/mol. The molecule has 1 heterocycles. The van der Waals surface area contributed by atoms with Crippen LogP contribution in [0.5, 0.6) is 5.75 Å². The van der Waals surface area contributed by atoms with E-state index in [0.29, 0.717) is 29.7 Å². The molecule has 1 N–H and O–H groups in total. The number of carbonyl (C=O) groups excluding carboxylic acids is 3. The Morgan fingerprint density at radius 3 is 2.32 bits per heavy atom. The number of nitrogens with one attached hydrogen (secondary N) is 1. The van der Waals surface area contributed by atoms with Gasteiger partial charge in [-0.3, -0.25) is 9.59 Å². The summed E-state index contributed by atoms with van der Waals surface area (Å²) >= 11 is 0. The Bertz CT molecular complexity index is 1620. The first-order valence-corrected chi connectivity index (χ1v) is 25.0. The van der Waals surface area contributed by atoms with Gasteiger partial charge in [0.25, 0.3) is 0 Å². The van der Waals surface area contributed by atoms with Gasteiger partial charge in [0.1, 0.15) is 24.5 Å². The van der Waals surface area contributed by atoms with Crippen molar-refractivity contribution in [2.45, 2.75) is 155 Å². The highest BCUT2D eigenvalue weighted by molar-refractivity contribution is 6.75. The highest BCUT2D eigenvalue weighted by Crippen LogP contribution is 2.39. The van der Waals surface area contributed by atoms with E-state index < -0.39 is 40.6 Å². The Morgan fingerprint density at radius 1 is 1.04 bits per heavy atom. The van der Waals surface area contributed by atoms with E-state index in [4.69, 9.17) is 23.1 Å². The highest BCUT2D eigenvalue weighted by atomic mass is 28.4. The smallest absolute Gasteiger partial charge is 0.345 e. The number of cyclic esters (lactones) is 1. The van der Waals surface area contributed by atoms with Crippen LogP contribution in [0.2, 0.25) is 35.8 Å². The molecule has 1 aliphatic heterocycles. The van der Waals surface area contributed by atoms with Gasteiger partial charge in [0.15, 0.2) is 16.6 Å². The molecule has 11 nitrogen and oxygen atoms in total. The fourth-order valence-electron chi connectivity index (χ4n) is 6.04. The number of fused-ring (bicyclic) bond motifs is 1. The normalized spacial score (nSPS) is 16.9. The molecule has 2 rings (SSSR count). The van der Waals surface area contributed by atoms with E-state index in [1.807, 2.05) is 38.1 Å². The molecule has 1 aromatic rings. The molecule has 1 unspecified atom stereocenters. The Balaban J connectivity index is 2.27. The lowest BCUT2D eigenvalue weighted by molar-refractivity contribution is -0.148. The lowest BCUT2D eigenvalue weighted by atomic mass is 10.00. The standard InChI is InChI=1S/C43H68N2O9Si2/c1-15-56(16-2,31(3)4)53-35(21-18-28-44-38(46)23-19-29-45-49-12)30-39(47)50-33(6)25-27-36(54-55(13,14)42(7,8)9)32(5)24-26-34-20-17-22-37-40(34)41(48)52-43(10,11)51-37/h17-20,22-25,27-29,31,33,35-36H,15-16,21,26,30H2,1-14H3,(H,44,46)/b23-19+,27-25+,28-18+,32-24-,45-29+/t33?,35-,36-/m0/s1. The van der Waals surface area contributed by atoms with Crippen LogP contribution in [0, 0.1) is 0 Å². The minimum Gasteiger partial charge on any atom is -0.458 e. The van der Waals surface area contributed by atoms with Crippen LogP contribution in [-0.2, 0) is 39.2 Å². The molecule has 0 saturated heterocycles. The second-order valence-corrected chi connectivity index (χ2v) is 26.2. The SMILES string of the molecule is CC[Si](CC)(O[C@@H](C/C=C/NC(=O)/C=C/C=N/OC)CC(=O)OC(C)/C=C/[C@H](O[Si](C)(C)C(C)(C)C)/C(C)=C\Cc1cccc2c1C(=O)OC(C)(C)O2)C(C)C. The van der Waals surface area contributed by atoms with Crippen molar-refractivity contribution in [3.8, 4) is 5.75 Å². The fraction of sp³-hybridized carbons (Fsp3) is 0.581. The van der Waals surface area contributed by atoms with Crippen molar-refractivity contribution in [2.75, 3.05) is 7.11 Å². The summed E-state index contributed by atoms with van der Waals surface area (Å²) in [6.45, 7) is 27.0. The van der Waals surface area contributed by atoms with Crippen LogP contribution in [0.3, 0.4) is 0 Å². The lowest BCUT2D eigenvalue weighted by Gasteiger charge is -2.39. The van der Waals surface area contributed by atoms with Crippen LogP contribution < -0.4 is 10.1 Å². The van der Waals surface area contributed by atoms with Crippen LogP contribution in [0.4, 0.5) is 0 Å². The Kier molecular flexibility index (Phi) is 18.7. The van der Waals surface area contributed by atoms with E-state index in [0.717, 1.165) is 23.2 Å². The number of carbonyl (C=O) groups is 3. The predicted octanol–water partition coefficient (Wildman–Crippen LogP) is 9.72. The summed E-state index contributed by atoms with van der Waals surface area (Å²) < 4.78 is 31.1. The molecule has 0 aliphatic carbocycles. The van der Waals surface area contributed by atoms with Crippen molar-refractivity contribution in [3.63, 3.8) is 0 Å². The number of benzene rings is 1. The molecule has 0 bridgehead atoms. The average molecular weight is 813 g/mol. The van der Waals surface area contributed by atoms with Gasteiger partial charge in [-0.1, -0.05) is 84.0 Å². The largest absolute Gasteiger partial charge is 0.458 e. The highest BCUT2D eigenvalue weighted by Gasteiger charge is 2.40. The lowest BCUT2D eigenvalue weighted by Crippen LogP contribution is -2.44. The second kappa shape index (κ2) is 21.7. The van der Waals surface area contributed by atoms with Crippen LogP contribution in [0.1, 0.15) is 105 Å². The maximum absolute atomic E-state index is 13.5. The first-order valence-electron chi connectivity index (χ1n) is 19.7. The summed E-state index contributed by atoms with van der Waals surface area (Å²) in [7, 11) is -2.98. The summed E-state index contributed by atoms with van der Waals surface area (Å²) in [5.74, 6) is -1.62. The third-order valence-electron chi connectivity index (χ3n) is 10.5. The summed E-state index contributed by atoms with van der Waals surface area (Å²) in [5.41, 5.74) is 2.56.